The van der Waals surface area contributed by atoms with Gasteiger partial charge in [0.25, 0.3) is 0 Å². The van der Waals surface area contributed by atoms with Crippen LogP contribution in [-0.2, 0) is 11.2 Å². The molecule has 1 unspecified atom stereocenters. The number of carbonyl (C=O) groups excluding carboxylic acids is 1. The lowest BCUT2D eigenvalue weighted by molar-refractivity contribution is -0.119. The maximum Gasteiger partial charge on any atom is 0.231 e. The summed E-state index contributed by atoms with van der Waals surface area (Å²) in [6.45, 7) is 0.236. The van der Waals surface area contributed by atoms with E-state index in [9.17, 15) is 4.79 Å². The second kappa shape index (κ2) is 9.14. The lowest BCUT2D eigenvalue weighted by Gasteiger charge is -2.20. The molecule has 1 N–H and O–H groups in total. The molecule has 0 aliphatic carbocycles. The molecular formula is C24H22BrNO3. The molecule has 1 aliphatic heterocycles. The summed E-state index contributed by atoms with van der Waals surface area (Å²) in [4.78, 5) is 12.8. The highest BCUT2D eigenvalue weighted by Crippen LogP contribution is 2.36. The second-order valence-corrected chi connectivity index (χ2v) is 7.96. The fourth-order valence-corrected chi connectivity index (χ4v) is 3.65. The average Bonchev–Trinajstić information content (AvgIpc) is 3.22. The number of nitrogens with one attached hydrogen (secondary N) is 1. The lowest BCUT2D eigenvalue weighted by Crippen LogP contribution is -2.16. The van der Waals surface area contributed by atoms with Gasteiger partial charge in [-0.05, 0) is 53.9 Å². The van der Waals surface area contributed by atoms with Gasteiger partial charge in [-0.25, -0.2) is 0 Å². The van der Waals surface area contributed by atoms with Gasteiger partial charge in [0, 0.05) is 23.0 Å². The molecule has 4 rings (SSSR count). The van der Waals surface area contributed by atoms with Gasteiger partial charge in [0.15, 0.2) is 11.5 Å². The van der Waals surface area contributed by atoms with E-state index >= 15 is 0 Å². The van der Waals surface area contributed by atoms with Crippen LogP contribution in [-0.4, -0.2) is 12.6 Å². The number of hydrogen-bond acceptors (Lipinski definition) is 4. The number of carbonyl (C=O) groups is 1. The zero-order valence-electron chi connectivity index (χ0n) is 15.9. The molecule has 0 bridgehead atoms. The van der Waals surface area contributed by atoms with Crippen molar-refractivity contribution in [1.29, 1.82) is 0 Å². The normalized spacial score (nSPS) is 13.1. The number of ketones is 1. The highest BCUT2D eigenvalue weighted by Gasteiger charge is 2.20. The fraction of sp³-hybridized carbons (Fsp3) is 0.208. The molecule has 0 saturated heterocycles. The van der Waals surface area contributed by atoms with Crippen LogP contribution in [0.3, 0.4) is 0 Å². The monoisotopic (exact) mass is 451 g/mol. The van der Waals surface area contributed by atoms with E-state index in [0.717, 1.165) is 33.6 Å². The van der Waals surface area contributed by atoms with E-state index in [1.54, 1.807) is 0 Å². The molecule has 148 valence electrons. The third-order valence-corrected chi connectivity index (χ3v) is 5.48. The minimum atomic E-state index is -0.144. The summed E-state index contributed by atoms with van der Waals surface area (Å²) in [6.07, 6.45) is 1.68. The van der Waals surface area contributed by atoms with E-state index < -0.39 is 0 Å². The molecule has 0 saturated carbocycles. The number of rotatable bonds is 8. The number of hydrogen-bond donors (Lipinski definition) is 1. The summed E-state index contributed by atoms with van der Waals surface area (Å²) < 4.78 is 12.0. The molecule has 0 radical (unpaired) electrons. The highest BCUT2D eigenvalue weighted by molar-refractivity contribution is 9.10. The van der Waals surface area contributed by atoms with Crippen LogP contribution in [0.25, 0.3) is 0 Å². The molecule has 0 amide bonds. The van der Waals surface area contributed by atoms with Gasteiger partial charge in [-0.2, -0.15) is 0 Å². The van der Waals surface area contributed by atoms with E-state index in [4.69, 9.17) is 9.47 Å². The summed E-state index contributed by atoms with van der Waals surface area (Å²) >= 11 is 3.46. The third kappa shape index (κ3) is 5.18. The van der Waals surface area contributed by atoms with Crippen LogP contribution >= 0.6 is 15.9 Å². The summed E-state index contributed by atoms with van der Waals surface area (Å²) in [6, 6.07) is 23.8. The molecule has 1 heterocycles. The highest BCUT2D eigenvalue weighted by atomic mass is 79.9. The zero-order chi connectivity index (χ0) is 20.1. The molecule has 4 nitrogen and oxygen atoms in total. The predicted molar refractivity (Wildman–Crippen MR) is 117 cm³/mol. The van der Waals surface area contributed by atoms with Crippen molar-refractivity contribution in [3.05, 3.63) is 88.4 Å². The number of fused-ring (bicyclic) bond motifs is 1. The standard InChI is InChI=1S/C24H22BrNO3/c25-19-8-10-20(11-9-19)26-22(18-7-13-23-24(14-18)29-16-28-23)15-21(27)12-6-17-4-2-1-3-5-17/h1-5,7-11,13-14,22,26H,6,12,15-16H2. The lowest BCUT2D eigenvalue weighted by atomic mass is 9.97. The van der Waals surface area contributed by atoms with Crippen molar-refractivity contribution in [3.8, 4) is 11.5 Å². The van der Waals surface area contributed by atoms with Crippen LogP contribution < -0.4 is 14.8 Å². The molecule has 0 aromatic heterocycles. The molecule has 5 heteroatoms. The summed E-state index contributed by atoms with van der Waals surface area (Å²) in [5.41, 5.74) is 3.15. The maximum absolute atomic E-state index is 12.8. The van der Waals surface area contributed by atoms with Crippen LogP contribution in [0.1, 0.15) is 30.0 Å². The van der Waals surface area contributed by atoms with Crippen LogP contribution in [0.5, 0.6) is 11.5 Å². The second-order valence-electron chi connectivity index (χ2n) is 7.04. The zero-order valence-corrected chi connectivity index (χ0v) is 17.5. The molecule has 1 aliphatic rings. The molecule has 3 aromatic rings. The van der Waals surface area contributed by atoms with Crippen molar-refractivity contribution in [2.75, 3.05) is 12.1 Å². The Morgan fingerprint density at radius 2 is 1.72 bits per heavy atom. The number of Topliss-reactive ketones (excluding diaryl/α,β-unsaturated/α-hetero) is 1. The van der Waals surface area contributed by atoms with Gasteiger partial charge in [-0.15, -0.1) is 0 Å². The number of aryl methyl sites for hydroxylation is 1. The van der Waals surface area contributed by atoms with Crippen molar-refractivity contribution >= 4 is 27.4 Å². The first-order chi connectivity index (χ1) is 14.2. The average molecular weight is 452 g/mol. The SMILES string of the molecule is O=C(CCc1ccccc1)CC(Nc1ccc(Br)cc1)c1ccc2c(c1)OCO2. The van der Waals surface area contributed by atoms with Gasteiger partial charge in [0.05, 0.1) is 6.04 Å². The molecule has 1 atom stereocenters. The van der Waals surface area contributed by atoms with E-state index in [2.05, 4.69) is 33.4 Å². The number of anilines is 1. The van der Waals surface area contributed by atoms with Crippen LogP contribution in [0.15, 0.2) is 77.3 Å². The van der Waals surface area contributed by atoms with Crippen molar-refractivity contribution in [2.45, 2.75) is 25.3 Å². The first kappa shape index (κ1) is 19.5. The smallest absolute Gasteiger partial charge is 0.231 e. The Morgan fingerprint density at radius 3 is 2.52 bits per heavy atom. The van der Waals surface area contributed by atoms with Gasteiger partial charge in [-0.1, -0.05) is 52.3 Å². The fourth-order valence-electron chi connectivity index (χ4n) is 3.39. The number of halogens is 1. The Labute approximate surface area is 179 Å². The molecular weight excluding hydrogens is 430 g/mol. The Bertz CT molecular complexity index is 973. The van der Waals surface area contributed by atoms with Gasteiger partial charge in [-0.3, -0.25) is 4.79 Å². The number of ether oxygens (including phenoxy) is 2. The van der Waals surface area contributed by atoms with Crippen molar-refractivity contribution in [2.24, 2.45) is 0 Å². The Morgan fingerprint density at radius 1 is 0.966 bits per heavy atom. The van der Waals surface area contributed by atoms with Crippen LogP contribution in [0, 0.1) is 0 Å². The predicted octanol–water partition coefficient (Wildman–Crippen LogP) is 5.92. The van der Waals surface area contributed by atoms with Gasteiger partial charge in [0.1, 0.15) is 5.78 Å². The van der Waals surface area contributed by atoms with E-state index in [1.807, 2.05) is 60.7 Å². The first-order valence-electron chi connectivity index (χ1n) is 9.65. The minimum absolute atomic E-state index is 0.144. The minimum Gasteiger partial charge on any atom is -0.454 e. The van der Waals surface area contributed by atoms with Crippen LogP contribution in [0.2, 0.25) is 0 Å². The largest absolute Gasteiger partial charge is 0.454 e. The van der Waals surface area contributed by atoms with Crippen molar-refractivity contribution in [1.82, 2.24) is 0 Å². The molecule has 0 spiro atoms. The summed E-state index contributed by atoms with van der Waals surface area (Å²) in [5.74, 6) is 1.69. The summed E-state index contributed by atoms with van der Waals surface area (Å²) in [5, 5.41) is 3.50. The first-order valence-corrected chi connectivity index (χ1v) is 10.4. The van der Waals surface area contributed by atoms with Gasteiger partial charge >= 0.3 is 0 Å². The summed E-state index contributed by atoms with van der Waals surface area (Å²) in [7, 11) is 0. The van der Waals surface area contributed by atoms with Gasteiger partial charge in [0.2, 0.25) is 6.79 Å². The van der Waals surface area contributed by atoms with E-state index in [0.29, 0.717) is 12.8 Å². The quantitative estimate of drug-likeness (QED) is 0.461. The van der Waals surface area contributed by atoms with Crippen molar-refractivity contribution < 1.29 is 14.3 Å². The topological polar surface area (TPSA) is 47.6 Å². The molecule has 3 aromatic carbocycles. The number of benzene rings is 3. The maximum atomic E-state index is 12.8. The molecule has 29 heavy (non-hydrogen) atoms. The Balaban J connectivity index is 1.49. The van der Waals surface area contributed by atoms with Gasteiger partial charge < -0.3 is 14.8 Å². The van der Waals surface area contributed by atoms with E-state index in [1.165, 1.54) is 5.56 Å². The molecule has 0 fully saturated rings. The Hall–Kier alpha value is -2.79. The van der Waals surface area contributed by atoms with E-state index in [-0.39, 0.29) is 18.6 Å². The van der Waals surface area contributed by atoms with Crippen LogP contribution in [0.4, 0.5) is 5.69 Å². The third-order valence-electron chi connectivity index (χ3n) is 4.95. The van der Waals surface area contributed by atoms with Crippen molar-refractivity contribution in [3.63, 3.8) is 0 Å². The Kier molecular flexibility index (Phi) is 6.15.